The quantitative estimate of drug-likeness (QED) is 0.323. The van der Waals surface area contributed by atoms with Crippen LogP contribution in [-0.4, -0.2) is 17.6 Å². The fourth-order valence-corrected chi connectivity index (χ4v) is 1.48. The third kappa shape index (κ3) is 4.87. The van der Waals surface area contributed by atoms with Gasteiger partial charge < -0.3 is 16.3 Å². The van der Waals surface area contributed by atoms with Crippen LogP contribution in [0.3, 0.4) is 0 Å². The van der Waals surface area contributed by atoms with Gasteiger partial charge in [0.15, 0.2) is 5.84 Å². The van der Waals surface area contributed by atoms with Crippen LogP contribution in [0.4, 0.5) is 0 Å². The van der Waals surface area contributed by atoms with E-state index in [2.05, 4.69) is 31.2 Å². The van der Waals surface area contributed by atoms with Gasteiger partial charge in [0.25, 0.3) is 0 Å². The number of oxime groups is 1. The van der Waals surface area contributed by atoms with Crippen molar-refractivity contribution in [1.29, 1.82) is 0 Å². The van der Waals surface area contributed by atoms with Crippen molar-refractivity contribution in [2.24, 2.45) is 16.3 Å². The van der Waals surface area contributed by atoms with E-state index in [0.717, 1.165) is 24.2 Å². The maximum absolute atomic E-state index is 8.61. The summed E-state index contributed by atoms with van der Waals surface area (Å²) in [5, 5.41) is 15.0. The molecule has 0 bridgehead atoms. The average Bonchev–Trinajstić information content (AvgIpc) is 2.27. The molecule has 17 heavy (non-hydrogen) atoms. The predicted octanol–water partition coefficient (Wildman–Crippen LogP) is 1.92. The van der Waals surface area contributed by atoms with Gasteiger partial charge in [0.05, 0.1) is 0 Å². The van der Waals surface area contributed by atoms with Crippen LogP contribution in [0.5, 0.6) is 0 Å². The van der Waals surface area contributed by atoms with E-state index in [1.165, 1.54) is 0 Å². The Kier molecular flexibility index (Phi) is 4.52. The van der Waals surface area contributed by atoms with E-state index in [0.29, 0.717) is 0 Å². The first-order valence-corrected chi connectivity index (χ1v) is 5.70. The van der Waals surface area contributed by atoms with Crippen LogP contribution in [0.2, 0.25) is 0 Å². The summed E-state index contributed by atoms with van der Waals surface area (Å²) >= 11 is 0. The molecule has 4 heteroatoms. The zero-order valence-electron chi connectivity index (χ0n) is 10.7. The van der Waals surface area contributed by atoms with Gasteiger partial charge in [0.2, 0.25) is 0 Å². The van der Waals surface area contributed by atoms with Gasteiger partial charge >= 0.3 is 0 Å². The zero-order valence-corrected chi connectivity index (χ0v) is 10.7. The van der Waals surface area contributed by atoms with Crippen LogP contribution >= 0.6 is 0 Å². The molecule has 0 aliphatic heterocycles. The summed E-state index contributed by atoms with van der Waals surface area (Å²) in [7, 11) is 0. The largest absolute Gasteiger partial charge is 0.409 e. The molecule has 0 saturated carbocycles. The van der Waals surface area contributed by atoms with Crippen molar-refractivity contribution in [3.63, 3.8) is 0 Å². The maximum atomic E-state index is 8.61. The Morgan fingerprint density at radius 1 is 1.41 bits per heavy atom. The SMILES string of the molecule is CC(C)(C)CNCc1cccc(C(N)=NO)c1. The number of hydrogen-bond acceptors (Lipinski definition) is 3. The molecule has 1 aromatic rings. The lowest BCUT2D eigenvalue weighted by atomic mass is 9.97. The van der Waals surface area contributed by atoms with E-state index in [9.17, 15) is 0 Å². The summed E-state index contributed by atoms with van der Waals surface area (Å²) in [4.78, 5) is 0. The minimum atomic E-state index is 0.141. The third-order valence-corrected chi connectivity index (χ3v) is 2.31. The molecule has 0 aliphatic carbocycles. The second kappa shape index (κ2) is 5.68. The number of amidine groups is 1. The molecule has 1 aromatic carbocycles. The highest BCUT2D eigenvalue weighted by atomic mass is 16.4. The molecule has 0 atom stereocenters. The molecule has 4 N–H and O–H groups in total. The van der Waals surface area contributed by atoms with Gasteiger partial charge in [-0.25, -0.2) is 0 Å². The molecule has 0 fully saturated rings. The molecule has 0 unspecified atom stereocenters. The van der Waals surface area contributed by atoms with E-state index < -0.39 is 0 Å². The second-order valence-electron chi connectivity index (χ2n) is 5.35. The van der Waals surface area contributed by atoms with Crippen LogP contribution in [0.25, 0.3) is 0 Å². The minimum Gasteiger partial charge on any atom is -0.409 e. The Morgan fingerprint density at radius 2 is 2.12 bits per heavy atom. The van der Waals surface area contributed by atoms with Crippen molar-refractivity contribution in [1.82, 2.24) is 5.32 Å². The molecule has 0 radical (unpaired) electrons. The zero-order chi connectivity index (χ0) is 12.9. The molecule has 4 nitrogen and oxygen atoms in total. The lowest BCUT2D eigenvalue weighted by Gasteiger charge is -2.18. The van der Waals surface area contributed by atoms with Gasteiger partial charge in [-0.15, -0.1) is 0 Å². The first kappa shape index (κ1) is 13.5. The first-order chi connectivity index (χ1) is 7.92. The highest BCUT2D eigenvalue weighted by molar-refractivity contribution is 5.97. The summed E-state index contributed by atoms with van der Waals surface area (Å²) in [5.74, 6) is 0.141. The standard InChI is InChI=1S/C13H21N3O/c1-13(2,3)9-15-8-10-5-4-6-11(7-10)12(14)16-17/h4-7,15,17H,8-9H2,1-3H3,(H2,14,16). The van der Waals surface area contributed by atoms with Crippen LogP contribution in [0.1, 0.15) is 31.9 Å². The summed E-state index contributed by atoms with van der Waals surface area (Å²) in [6, 6.07) is 7.66. The van der Waals surface area contributed by atoms with Gasteiger partial charge in [0.1, 0.15) is 0 Å². The van der Waals surface area contributed by atoms with E-state index in [1.807, 2.05) is 24.3 Å². The van der Waals surface area contributed by atoms with E-state index in [4.69, 9.17) is 10.9 Å². The Balaban J connectivity index is 2.61. The third-order valence-electron chi connectivity index (χ3n) is 2.31. The van der Waals surface area contributed by atoms with Gasteiger partial charge in [-0.2, -0.15) is 0 Å². The Morgan fingerprint density at radius 3 is 2.71 bits per heavy atom. The lowest BCUT2D eigenvalue weighted by Crippen LogP contribution is -2.26. The van der Waals surface area contributed by atoms with Gasteiger partial charge in [-0.1, -0.05) is 44.1 Å². The molecule has 94 valence electrons. The van der Waals surface area contributed by atoms with Crippen molar-refractivity contribution in [3.05, 3.63) is 35.4 Å². The molecular weight excluding hydrogens is 214 g/mol. The monoisotopic (exact) mass is 235 g/mol. The van der Waals surface area contributed by atoms with Crippen molar-refractivity contribution < 1.29 is 5.21 Å². The predicted molar refractivity (Wildman–Crippen MR) is 70.1 cm³/mol. The van der Waals surface area contributed by atoms with Gasteiger partial charge in [-0.05, 0) is 17.0 Å². The molecule has 1 rings (SSSR count). The van der Waals surface area contributed by atoms with Crippen LogP contribution in [0.15, 0.2) is 29.4 Å². The van der Waals surface area contributed by atoms with Gasteiger partial charge in [0, 0.05) is 18.7 Å². The number of nitrogens with zero attached hydrogens (tertiary/aromatic N) is 1. The van der Waals surface area contributed by atoms with Crippen molar-refractivity contribution in [2.45, 2.75) is 27.3 Å². The topological polar surface area (TPSA) is 70.6 Å². The van der Waals surface area contributed by atoms with E-state index in [-0.39, 0.29) is 11.3 Å². The summed E-state index contributed by atoms with van der Waals surface area (Å²) in [6.45, 7) is 8.29. The summed E-state index contributed by atoms with van der Waals surface area (Å²) in [6.07, 6.45) is 0. The van der Waals surface area contributed by atoms with Crippen molar-refractivity contribution >= 4 is 5.84 Å². The number of benzene rings is 1. The van der Waals surface area contributed by atoms with Gasteiger partial charge in [-0.3, -0.25) is 0 Å². The van der Waals surface area contributed by atoms with E-state index in [1.54, 1.807) is 0 Å². The molecular formula is C13H21N3O. The molecule has 0 amide bonds. The van der Waals surface area contributed by atoms with Crippen LogP contribution in [0, 0.1) is 5.41 Å². The molecule has 0 aromatic heterocycles. The minimum absolute atomic E-state index is 0.141. The Hall–Kier alpha value is -1.55. The summed E-state index contributed by atoms with van der Waals surface area (Å²) in [5.41, 5.74) is 7.67. The average molecular weight is 235 g/mol. The molecule has 0 heterocycles. The second-order valence-corrected chi connectivity index (χ2v) is 5.35. The fraction of sp³-hybridized carbons (Fsp3) is 0.462. The number of nitrogens with one attached hydrogen (secondary N) is 1. The maximum Gasteiger partial charge on any atom is 0.170 e. The number of hydrogen-bond donors (Lipinski definition) is 3. The first-order valence-electron chi connectivity index (χ1n) is 5.70. The van der Waals surface area contributed by atoms with E-state index >= 15 is 0 Å². The highest BCUT2D eigenvalue weighted by Crippen LogP contribution is 2.11. The fourth-order valence-electron chi connectivity index (χ4n) is 1.48. The smallest absolute Gasteiger partial charge is 0.170 e. The molecule has 0 aliphatic rings. The van der Waals surface area contributed by atoms with Crippen LogP contribution in [-0.2, 0) is 6.54 Å². The summed E-state index contributed by atoms with van der Waals surface area (Å²) < 4.78 is 0. The molecule has 0 spiro atoms. The van der Waals surface area contributed by atoms with Crippen molar-refractivity contribution in [2.75, 3.05) is 6.54 Å². The number of nitrogens with two attached hydrogens (primary N) is 1. The Bertz CT molecular complexity index is 394. The normalized spacial score (nSPS) is 12.8. The number of rotatable bonds is 4. The molecule has 0 saturated heterocycles. The highest BCUT2D eigenvalue weighted by Gasteiger charge is 2.09. The van der Waals surface area contributed by atoms with Crippen molar-refractivity contribution in [3.8, 4) is 0 Å². The Labute approximate surface area is 103 Å². The van der Waals surface area contributed by atoms with Crippen LogP contribution < -0.4 is 11.1 Å². The lowest BCUT2D eigenvalue weighted by molar-refractivity contribution is 0.318.